The molecule has 0 saturated carbocycles. The first-order valence-electron chi connectivity index (χ1n) is 10.5. The number of aryl methyl sites for hydroxylation is 2. The van der Waals surface area contributed by atoms with E-state index in [2.05, 4.69) is 38.7 Å². The quantitative estimate of drug-likeness (QED) is 0.337. The average molecular weight is 448 g/mol. The summed E-state index contributed by atoms with van der Waals surface area (Å²) in [5.41, 5.74) is 5.96. The Morgan fingerprint density at radius 3 is 2.94 bits per heavy atom. The summed E-state index contributed by atoms with van der Waals surface area (Å²) in [7, 11) is 3.14. The molecule has 0 radical (unpaired) electrons. The number of nitro groups is 1. The molecule has 4 rings (SSSR count). The first-order valence-corrected chi connectivity index (χ1v) is 10.5. The lowest BCUT2D eigenvalue weighted by Gasteiger charge is -2.31. The zero-order chi connectivity index (χ0) is 23.4. The summed E-state index contributed by atoms with van der Waals surface area (Å²) in [6.07, 6.45) is 4.82. The molecule has 33 heavy (non-hydrogen) atoms. The predicted molar refractivity (Wildman–Crippen MR) is 124 cm³/mol. The van der Waals surface area contributed by atoms with Crippen molar-refractivity contribution in [2.75, 3.05) is 18.6 Å². The SMILES string of the molecule is COc1ccc(/C=N\NC(=O)c2nn(C)cc2[N+](=O)[O-])cc1CN1CCCc2ccccc21. The normalized spacial score (nSPS) is 13.1. The van der Waals surface area contributed by atoms with Gasteiger partial charge in [-0.2, -0.15) is 10.2 Å². The van der Waals surface area contributed by atoms with Crippen LogP contribution >= 0.6 is 0 Å². The molecule has 1 aromatic heterocycles. The van der Waals surface area contributed by atoms with Gasteiger partial charge in [0.2, 0.25) is 5.69 Å². The Hall–Kier alpha value is -4.21. The average Bonchev–Trinajstić information content (AvgIpc) is 3.22. The van der Waals surface area contributed by atoms with Gasteiger partial charge in [-0.3, -0.25) is 19.6 Å². The molecule has 0 fully saturated rings. The van der Waals surface area contributed by atoms with Crippen LogP contribution in [0, 0.1) is 10.1 Å². The molecule has 2 aromatic carbocycles. The first-order chi connectivity index (χ1) is 16.0. The largest absolute Gasteiger partial charge is 0.496 e. The van der Waals surface area contributed by atoms with E-state index in [0.29, 0.717) is 6.54 Å². The van der Waals surface area contributed by atoms with Crippen LogP contribution < -0.4 is 15.1 Å². The molecule has 3 aromatic rings. The number of carbonyl (C=O) groups is 1. The molecule has 2 heterocycles. The molecule has 1 aliphatic rings. The fourth-order valence-electron chi connectivity index (χ4n) is 3.97. The standard InChI is InChI=1S/C23H24N6O4/c1-27-15-20(29(31)32)22(26-27)23(30)25-24-13-16-9-10-21(33-2)18(12-16)14-28-11-5-7-17-6-3-4-8-19(17)28/h3-4,6,8-10,12-13,15H,5,7,11,14H2,1-2H3,(H,25,30)/b24-13-. The van der Waals surface area contributed by atoms with Gasteiger partial charge in [-0.25, -0.2) is 5.43 Å². The van der Waals surface area contributed by atoms with Gasteiger partial charge in [0.1, 0.15) is 11.9 Å². The number of hydrogen-bond acceptors (Lipinski definition) is 7. The highest BCUT2D eigenvalue weighted by atomic mass is 16.6. The van der Waals surface area contributed by atoms with Crippen molar-refractivity contribution >= 4 is 23.5 Å². The Morgan fingerprint density at radius 1 is 1.33 bits per heavy atom. The van der Waals surface area contributed by atoms with Crippen LogP contribution in [-0.2, 0) is 20.0 Å². The van der Waals surface area contributed by atoms with E-state index in [9.17, 15) is 14.9 Å². The van der Waals surface area contributed by atoms with Gasteiger partial charge >= 0.3 is 5.69 Å². The lowest BCUT2D eigenvalue weighted by atomic mass is 10.0. The van der Waals surface area contributed by atoms with Crippen molar-refractivity contribution in [1.29, 1.82) is 0 Å². The Labute approximate surface area is 190 Å². The summed E-state index contributed by atoms with van der Waals surface area (Å²) in [6, 6.07) is 14.0. The van der Waals surface area contributed by atoms with E-state index in [1.54, 1.807) is 7.11 Å². The van der Waals surface area contributed by atoms with E-state index in [0.717, 1.165) is 36.3 Å². The molecular weight excluding hydrogens is 424 g/mol. The monoisotopic (exact) mass is 448 g/mol. The van der Waals surface area contributed by atoms with Gasteiger partial charge in [-0.1, -0.05) is 18.2 Å². The number of fused-ring (bicyclic) bond motifs is 1. The van der Waals surface area contributed by atoms with Gasteiger partial charge in [0.15, 0.2) is 0 Å². The van der Waals surface area contributed by atoms with Gasteiger partial charge in [0, 0.05) is 31.4 Å². The summed E-state index contributed by atoms with van der Waals surface area (Å²) < 4.78 is 6.77. The molecule has 170 valence electrons. The molecule has 0 unspecified atom stereocenters. The summed E-state index contributed by atoms with van der Waals surface area (Å²) in [6.45, 7) is 1.63. The van der Waals surface area contributed by atoms with E-state index in [-0.39, 0.29) is 11.4 Å². The summed E-state index contributed by atoms with van der Waals surface area (Å²) in [5.74, 6) is 0.0144. The molecule has 1 aliphatic heterocycles. The zero-order valence-electron chi connectivity index (χ0n) is 18.4. The minimum atomic E-state index is -0.753. The maximum Gasteiger partial charge on any atom is 0.320 e. The third kappa shape index (κ3) is 4.84. The Kier molecular flexibility index (Phi) is 6.34. The van der Waals surface area contributed by atoms with Crippen LogP contribution in [0.15, 0.2) is 53.8 Å². The number of methoxy groups -OCH3 is 1. The Balaban J connectivity index is 1.50. The van der Waals surface area contributed by atoms with Crippen molar-refractivity contribution in [2.45, 2.75) is 19.4 Å². The number of hydrogen-bond donors (Lipinski definition) is 1. The second kappa shape index (κ2) is 9.51. The second-order valence-corrected chi connectivity index (χ2v) is 7.72. The number of anilines is 1. The topological polar surface area (TPSA) is 115 Å². The number of para-hydroxylation sites is 1. The number of hydrazone groups is 1. The number of aromatic nitrogens is 2. The van der Waals surface area contributed by atoms with E-state index < -0.39 is 10.8 Å². The van der Waals surface area contributed by atoms with Crippen LogP contribution in [0.5, 0.6) is 5.75 Å². The fraction of sp³-hybridized carbons (Fsp3) is 0.261. The fourth-order valence-corrected chi connectivity index (χ4v) is 3.97. The highest BCUT2D eigenvalue weighted by Crippen LogP contribution is 2.30. The lowest BCUT2D eigenvalue weighted by molar-refractivity contribution is -0.385. The van der Waals surface area contributed by atoms with E-state index >= 15 is 0 Å². The number of nitrogens with one attached hydrogen (secondary N) is 1. The van der Waals surface area contributed by atoms with Gasteiger partial charge in [0.05, 0.1) is 18.2 Å². The molecule has 10 nitrogen and oxygen atoms in total. The molecular formula is C23H24N6O4. The van der Waals surface area contributed by atoms with E-state index in [1.165, 1.54) is 35.4 Å². The number of nitrogens with zero attached hydrogens (tertiary/aromatic N) is 5. The van der Waals surface area contributed by atoms with Crippen LogP contribution in [0.25, 0.3) is 0 Å². The summed E-state index contributed by atoms with van der Waals surface area (Å²) in [4.78, 5) is 25.1. The number of amides is 1. The molecule has 0 aliphatic carbocycles. The number of rotatable bonds is 7. The van der Waals surface area contributed by atoms with E-state index in [4.69, 9.17) is 4.74 Å². The van der Waals surface area contributed by atoms with Crippen molar-refractivity contribution in [3.8, 4) is 5.75 Å². The Bertz CT molecular complexity index is 1220. The molecule has 10 heteroatoms. The van der Waals surface area contributed by atoms with Crippen LogP contribution in [0.2, 0.25) is 0 Å². The Morgan fingerprint density at radius 2 is 2.15 bits per heavy atom. The molecule has 0 spiro atoms. The minimum absolute atomic E-state index is 0.293. The second-order valence-electron chi connectivity index (χ2n) is 7.72. The summed E-state index contributed by atoms with van der Waals surface area (Å²) in [5, 5.41) is 18.9. The van der Waals surface area contributed by atoms with Gasteiger partial charge in [-0.15, -0.1) is 0 Å². The van der Waals surface area contributed by atoms with Crippen LogP contribution in [-0.4, -0.2) is 40.5 Å². The maximum atomic E-state index is 12.3. The third-order valence-electron chi connectivity index (χ3n) is 5.47. The molecule has 0 saturated heterocycles. The predicted octanol–water partition coefficient (Wildman–Crippen LogP) is 3.05. The molecule has 1 amide bonds. The zero-order valence-corrected chi connectivity index (χ0v) is 18.4. The third-order valence-corrected chi connectivity index (χ3v) is 5.47. The smallest absolute Gasteiger partial charge is 0.320 e. The number of carbonyl (C=O) groups excluding carboxylic acids is 1. The highest BCUT2D eigenvalue weighted by Gasteiger charge is 2.24. The van der Waals surface area contributed by atoms with Gasteiger partial charge < -0.3 is 9.64 Å². The van der Waals surface area contributed by atoms with Crippen LogP contribution in [0.1, 0.15) is 33.6 Å². The maximum absolute atomic E-state index is 12.3. The highest BCUT2D eigenvalue weighted by molar-refractivity contribution is 5.96. The first kappa shape index (κ1) is 22.0. The van der Waals surface area contributed by atoms with Gasteiger partial charge in [-0.05, 0) is 48.2 Å². The lowest BCUT2D eigenvalue weighted by Crippen LogP contribution is -2.29. The molecule has 1 N–H and O–H groups in total. The van der Waals surface area contributed by atoms with Crippen molar-refractivity contribution in [2.24, 2.45) is 12.1 Å². The minimum Gasteiger partial charge on any atom is -0.496 e. The van der Waals surface area contributed by atoms with Crippen LogP contribution in [0.3, 0.4) is 0 Å². The summed E-state index contributed by atoms with van der Waals surface area (Å²) >= 11 is 0. The van der Waals surface area contributed by atoms with Crippen molar-refractivity contribution in [3.05, 3.63) is 81.2 Å². The van der Waals surface area contributed by atoms with Crippen molar-refractivity contribution in [1.82, 2.24) is 15.2 Å². The number of benzene rings is 2. The van der Waals surface area contributed by atoms with Crippen molar-refractivity contribution in [3.63, 3.8) is 0 Å². The molecule has 0 bridgehead atoms. The van der Waals surface area contributed by atoms with E-state index in [1.807, 2.05) is 24.3 Å². The van der Waals surface area contributed by atoms with Gasteiger partial charge in [0.25, 0.3) is 5.91 Å². The molecule has 0 atom stereocenters. The van der Waals surface area contributed by atoms with Crippen LogP contribution in [0.4, 0.5) is 11.4 Å². The van der Waals surface area contributed by atoms with Crippen molar-refractivity contribution < 1.29 is 14.5 Å². The number of ether oxygens (including phenoxy) is 1.